The van der Waals surface area contributed by atoms with Crippen molar-refractivity contribution < 1.29 is 4.79 Å². The molecule has 1 aliphatic heterocycles. The number of nitrogens with one attached hydrogen (secondary N) is 2. The van der Waals surface area contributed by atoms with Gasteiger partial charge in [-0.15, -0.1) is 12.4 Å². The summed E-state index contributed by atoms with van der Waals surface area (Å²) >= 11 is 6.05. The highest BCUT2D eigenvalue weighted by Gasteiger charge is 2.51. The van der Waals surface area contributed by atoms with Crippen LogP contribution in [0.2, 0.25) is 5.02 Å². The molecule has 1 heterocycles. The van der Waals surface area contributed by atoms with E-state index in [1.807, 2.05) is 24.3 Å². The zero-order valence-corrected chi connectivity index (χ0v) is 13.8. The molecule has 5 heteroatoms. The van der Waals surface area contributed by atoms with Crippen LogP contribution < -0.4 is 10.6 Å². The van der Waals surface area contributed by atoms with Gasteiger partial charge in [0.25, 0.3) is 0 Å². The first-order chi connectivity index (χ1) is 9.60. The van der Waals surface area contributed by atoms with E-state index in [1.54, 1.807) is 0 Å². The molecule has 0 bridgehead atoms. The Labute approximate surface area is 137 Å². The quantitative estimate of drug-likeness (QED) is 0.895. The number of benzene rings is 1. The van der Waals surface area contributed by atoms with E-state index in [-0.39, 0.29) is 23.7 Å². The van der Waals surface area contributed by atoms with Crippen LogP contribution in [0.3, 0.4) is 0 Å². The third kappa shape index (κ3) is 3.53. The van der Waals surface area contributed by atoms with Crippen LogP contribution in [0.4, 0.5) is 0 Å². The van der Waals surface area contributed by atoms with E-state index in [0.29, 0.717) is 17.1 Å². The highest BCUT2D eigenvalue weighted by Crippen LogP contribution is 2.49. The van der Waals surface area contributed by atoms with E-state index >= 15 is 0 Å². The number of hydrogen-bond acceptors (Lipinski definition) is 2. The van der Waals surface area contributed by atoms with Gasteiger partial charge in [0.1, 0.15) is 0 Å². The minimum atomic E-state index is -0.320. The Bertz CT molecular complexity index is 517. The molecule has 0 aromatic heterocycles. The van der Waals surface area contributed by atoms with Crippen molar-refractivity contribution in [3.8, 4) is 0 Å². The molecule has 1 saturated carbocycles. The van der Waals surface area contributed by atoms with E-state index in [4.69, 9.17) is 11.6 Å². The fourth-order valence-corrected chi connectivity index (χ4v) is 3.33. The maximum atomic E-state index is 12.6. The van der Waals surface area contributed by atoms with Crippen molar-refractivity contribution in [3.63, 3.8) is 0 Å². The monoisotopic (exact) mass is 328 g/mol. The van der Waals surface area contributed by atoms with Gasteiger partial charge in [-0.1, -0.05) is 23.7 Å². The van der Waals surface area contributed by atoms with E-state index in [9.17, 15) is 4.79 Å². The molecule has 2 aliphatic rings. The predicted molar refractivity (Wildman–Crippen MR) is 88.2 cm³/mol. The molecule has 1 aromatic carbocycles. The number of hydrogen-bond donors (Lipinski definition) is 2. The van der Waals surface area contributed by atoms with Crippen molar-refractivity contribution >= 4 is 29.9 Å². The van der Waals surface area contributed by atoms with Crippen molar-refractivity contribution in [1.29, 1.82) is 0 Å². The van der Waals surface area contributed by atoms with Crippen LogP contribution in [0.25, 0.3) is 0 Å². The lowest BCUT2D eigenvalue weighted by Crippen LogP contribution is -2.49. The largest absolute Gasteiger partial charge is 0.352 e. The highest BCUT2D eigenvalue weighted by molar-refractivity contribution is 6.30. The molecule has 2 N–H and O–H groups in total. The van der Waals surface area contributed by atoms with Crippen molar-refractivity contribution in [1.82, 2.24) is 10.6 Å². The minimum absolute atomic E-state index is 0. The van der Waals surface area contributed by atoms with Gasteiger partial charge in [0.05, 0.1) is 5.41 Å². The summed E-state index contributed by atoms with van der Waals surface area (Å²) in [5.74, 6) is 0.180. The predicted octanol–water partition coefficient (Wildman–Crippen LogP) is 3.05. The number of piperidine rings is 1. The number of rotatable bonds is 3. The highest BCUT2D eigenvalue weighted by atomic mass is 35.5. The lowest BCUT2D eigenvalue weighted by atomic mass is 9.93. The molecular weight excluding hydrogens is 307 g/mol. The second-order valence-electron chi connectivity index (χ2n) is 6.14. The first-order valence-corrected chi connectivity index (χ1v) is 7.78. The number of carbonyl (C=O) groups excluding carboxylic acids is 1. The molecule has 3 rings (SSSR count). The molecule has 3 nitrogen and oxygen atoms in total. The molecule has 1 amide bonds. The van der Waals surface area contributed by atoms with E-state index in [0.717, 1.165) is 37.8 Å². The van der Waals surface area contributed by atoms with Crippen LogP contribution in [0, 0.1) is 0 Å². The molecular formula is C16H22Cl2N2O. The van der Waals surface area contributed by atoms with Crippen LogP contribution in [0.1, 0.15) is 38.2 Å². The molecule has 21 heavy (non-hydrogen) atoms. The summed E-state index contributed by atoms with van der Waals surface area (Å²) in [4.78, 5) is 12.6. The molecule has 2 fully saturated rings. The Hall–Kier alpha value is -0.770. The topological polar surface area (TPSA) is 41.1 Å². The van der Waals surface area contributed by atoms with Gasteiger partial charge >= 0.3 is 0 Å². The number of halogens is 2. The molecule has 2 atom stereocenters. The fourth-order valence-electron chi connectivity index (χ4n) is 3.14. The first kappa shape index (κ1) is 16.6. The normalized spacial score (nSPS) is 26.6. The Kier molecular flexibility index (Phi) is 5.18. The summed E-state index contributed by atoms with van der Waals surface area (Å²) in [5, 5.41) is 7.36. The number of carbonyl (C=O) groups is 1. The molecule has 1 aromatic rings. The number of amides is 1. The smallest absolute Gasteiger partial charge is 0.230 e. The molecule has 2 unspecified atom stereocenters. The Morgan fingerprint density at radius 2 is 2.19 bits per heavy atom. The van der Waals surface area contributed by atoms with Crippen LogP contribution in [-0.2, 0) is 10.2 Å². The standard InChI is InChI=1S/C16H21ClN2O.ClH/c1-11-9-14(5-8-18-11)19-15(20)16(6-7-16)12-3-2-4-13(17)10-12;/h2-4,10-11,14,18H,5-9H2,1H3,(H,19,20);1H. The van der Waals surface area contributed by atoms with Crippen molar-refractivity contribution in [2.24, 2.45) is 0 Å². The summed E-state index contributed by atoms with van der Waals surface area (Å²) in [6.07, 6.45) is 3.89. The van der Waals surface area contributed by atoms with Gasteiger partial charge in [0.15, 0.2) is 0 Å². The third-order valence-electron chi connectivity index (χ3n) is 4.52. The van der Waals surface area contributed by atoms with Crippen LogP contribution in [0.15, 0.2) is 24.3 Å². The summed E-state index contributed by atoms with van der Waals surface area (Å²) in [5.41, 5.74) is 0.739. The van der Waals surface area contributed by atoms with Crippen molar-refractivity contribution in [3.05, 3.63) is 34.9 Å². The van der Waals surface area contributed by atoms with E-state index in [1.165, 1.54) is 0 Å². The van der Waals surface area contributed by atoms with Gasteiger partial charge in [-0.05, 0) is 56.8 Å². The third-order valence-corrected chi connectivity index (χ3v) is 4.76. The van der Waals surface area contributed by atoms with Crippen LogP contribution >= 0.6 is 24.0 Å². The molecule has 0 spiro atoms. The average Bonchev–Trinajstić information content (AvgIpc) is 3.20. The lowest BCUT2D eigenvalue weighted by molar-refractivity contribution is -0.124. The first-order valence-electron chi connectivity index (χ1n) is 7.40. The summed E-state index contributed by atoms with van der Waals surface area (Å²) < 4.78 is 0. The van der Waals surface area contributed by atoms with Crippen molar-refractivity contribution in [2.75, 3.05) is 6.54 Å². The summed E-state index contributed by atoms with van der Waals surface area (Å²) in [7, 11) is 0. The van der Waals surface area contributed by atoms with Crippen LogP contribution in [0.5, 0.6) is 0 Å². The maximum Gasteiger partial charge on any atom is 0.230 e. The molecule has 116 valence electrons. The lowest BCUT2D eigenvalue weighted by Gasteiger charge is -2.30. The van der Waals surface area contributed by atoms with Gasteiger partial charge in [-0.3, -0.25) is 4.79 Å². The zero-order chi connectivity index (χ0) is 14.2. The molecule has 1 saturated heterocycles. The second kappa shape index (κ2) is 6.55. The van der Waals surface area contributed by atoms with Gasteiger partial charge in [0.2, 0.25) is 5.91 Å². The van der Waals surface area contributed by atoms with Crippen LogP contribution in [-0.4, -0.2) is 24.5 Å². The van der Waals surface area contributed by atoms with E-state index < -0.39 is 0 Å². The van der Waals surface area contributed by atoms with Gasteiger partial charge in [-0.25, -0.2) is 0 Å². The fraction of sp³-hybridized carbons (Fsp3) is 0.562. The minimum Gasteiger partial charge on any atom is -0.352 e. The maximum absolute atomic E-state index is 12.6. The van der Waals surface area contributed by atoms with Crippen molar-refractivity contribution in [2.45, 2.75) is 50.1 Å². The Morgan fingerprint density at radius 1 is 1.43 bits per heavy atom. The summed E-state index contributed by atoms with van der Waals surface area (Å²) in [6.45, 7) is 3.15. The van der Waals surface area contributed by atoms with E-state index in [2.05, 4.69) is 17.6 Å². The average molecular weight is 329 g/mol. The second-order valence-corrected chi connectivity index (χ2v) is 6.58. The van der Waals surface area contributed by atoms with Gasteiger partial charge in [-0.2, -0.15) is 0 Å². The zero-order valence-electron chi connectivity index (χ0n) is 12.2. The molecule has 0 radical (unpaired) electrons. The Morgan fingerprint density at radius 3 is 2.81 bits per heavy atom. The summed E-state index contributed by atoms with van der Waals surface area (Å²) in [6, 6.07) is 8.51. The molecule has 1 aliphatic carbocycles. The SMILES string of the molecule is CC1CC(NC(=O)C2(c3cccc(Cl)c3)CC2)CCN1.Cl. The van der Waals surface area contributed by atoms with Gasteiger partial charge < -0.3 is 10.6 Å². The Balaban J connectivity index is 0.00000161. The van der Waals surface area contributed by atoms with Gasteiger partial charge in [0, 0.05) is 17.1 Å².